The first-order chi connectivity index (χ1) is 6.36. The molecule has 13 heavy (non-hydrogen) atoms. The van der Waals surface area contributed by atoms with Gasteiger partial charge in [-0.25, -0.2) is 4.98 Å². The third-order valence-electron chi connectivity index (χ3n) is 1.64. The molecule has 0 bridgehead atoms. The third-order valence-corrected chi connectivity index (χ3v) is 1.89. The van der Waals surface area contributed by atoms with Gasteiger partial charge in [-0.05, 0) is 12.1 Å². The molecule has 3 nitrogen and oxygen atoms in total. The number of nitrogens with zero attached hydrogens (tertiary/aromatic N) is 3. The Morgan fingerprint density at radius 2 is 1.77 bits per heavy atom. The van der Waals surface area contributed by atoms with E-state index in [4.69, 9.17) is 11.6 Å². The molecule has 0 aliphatic rings. The van der Waals surface area contributed by atoms with Crippen LogP contribution in [0.4, 0.5) is 0 Å². The van der Waals surface area contributed by atoms with Crippen molar-refractivity contribution in [3.8, 4) is 11.3 Å². The van der Waals surface area contributed by atoms with Gasteiger partial charge < -0.3 is 0 Å². The van der Waals surface area contributed by atoms with Crippen LogP contribution in [0.1, 0.15) is 0 Å². The summed E-state index contributed by atoms with van der Waals surface area (Å²) in [5.41, 5.74) is 1.78. The second-order valence-electron chi connectivity index (χ2n) is 2.50. The van der Waals surface area contributed by atoms with Crippen LogP contribution in [0, 0.1) is 0 Å². The van der Waals surface area contributed by atoms with E-state index in [1.165, 1.54) is 6.33 Å². The van der Waals surface area contributed by atoms with Gasteiger partial charge in [0.2, 0.25) is 0 Å². The zero-order chi connectivity index (χ0) is 9.10. The molecule has 0 fully saturated rings. The smallest absolute Gasteiger partial charge is 0.138 e. The molecular weight excluding hydrogens is 186 g/mol. The maximum Gasteiger partial charge on any atom is 0.138 e. The molecule has 2 rings (SSSR count). The van der Waals surface area contributed by atoms with E-state index in [0.717, 1.165) is 11.3 Å². The van der Waals surface area contributed by atoms with E-state index in [2.05, 4.69) is 15.2 Å². The molecule has 1 aromatic carbocycles. The molecule has 4 heteroatoms. The number of aromatic nitrogens is 3. The maximum atomic E-state index is 5.75. The molecule has 1 heterocycles. The van der Waals surface area contributed by atoms with E-state index in [1.54, 1.807) is 6.20 Å². The lowest BCUT2D eigenvalue weighted by atomic mass is 10.2. The largest absolute Gasteiger partial charge is 0.233 e. The second kappa shape index (κ2) is 3.49. The minimum absolute atomic E-state index is 0.714. The van der Waals surface area contributed by atoms with Crippen molar-refractivity contribution >= 4 is 11.6 Å². The van der Waals surface area contributed by atoms with Gasteiger partial charge in [0.15, 0.2) is 0 Å². The number of halogens is 1. The van der Waals surface area contributed by atoms with Crippen molar-refractivity contribution in [1.29, 1.82) is 0 Å². The summed E-state index contributed by atoms with van der Waals surface area (Å²) in [5, 5.41) is 8.05. The molecule has 0 amide bonds. The molecule has 2 aromatic rings. The second-order valence-corrected chi connectivity index (χ2v) is 2.93. The first-order valence-electron chi connectivity index (χ1n) is 3.75. The quantitative estimate of drug-likeness (QED) is 0.694. The Balaban J connectivity index is 2.42. The summed E-state index contributed by atoms with van der Waals surface area (Å²) in [6.07, 6.45) is 3.03. The number of benzene rings is 1. The summed E-state index contributed by atoms with van der Waals surface area (Å²) in [6, 6.07) is 7.43. The van der Waals surface area contributed by atoms with Gasteiger partial charge in [-0.15, -0.1) is 5.10 Å². The average Bonchev–Trinajstić information content (AvgIpc) is 2.20. The first kappa shape index (κ1) is 8.13. The Morgan fingerprint density at radius 1 is 1.00 bits per heavy atom. The monoisotopic (exact) mass is 191 g/mol. The molecule has 0 aliphatic carbocycles. The summed E-state index contributed by atoms with van der Waals surface area (Å²) in [6.45, 7) is 0. The van der Waals surface area contributed by atoms with E-state index in [0.29, 0.717) is 5.02 Å². The normalized spacial score (nSPS) is 9.92. The van der Waals surface area contributed by atoms with Crippen LogP contribution in [0.15, 0.2) is 36.8 Å². The standard InChI is InChI=1S/C9H6ClN3/c10-8-3-1-7(2-4-8)9-5-12-13-6-11-9/h1-6H. The van der Waals surface area contributed by atoms with Gasteiger partial charge in [0.05, 0.1) is 11.9 Å². The highest BCUT2D eigenvalue weighted by Gasteiger charge is 1.97. The average molecular weight is 192 g/mol. The number of hydrogen-bond acceptors (Lipinski definition) is 3. The van der Waals surface area contributed by atoms with Gasteiger partial charge in [0.1, 0.15) is 6.33 Å². The summed E-state index contributed by atoms with van der Waals surface area (Å²) in [4.78, 5) is 4.06. The van der Waals surface area contributed by atoms with Crippen LogP contribution < -0.4 is 0 Å². The van der Waals surface area contributed by atoms with Crippen LogP contribution in [0.25, 0.3) is 11.3 Å². The zero-order valence-electron chi connectivity index (χ0n) is 6.68. The molecule has 0 saturated carbocycles. The van der Waals surface area contributed by atoms with Crippen molar-refractivity contribution in [3.63, 3.8) is 0 Å². The summed E-state index contributed by atoms with van der Waals surface area (Å²) < 4.78 is 0. The fourth-order valence-electron chi connectivity index (χ4n) is 1.01. The van der Waals surface area contributed by atoms with Crippen LogP contribution in [0.3, 0.4) is 0 Å². The van der Waals surface area contributed by atoms with Crippen LogP contribution in [0.2, 0.25) is 5.02 Å². The lowest BCUT2D eigenvalue weighted by Crippen LogP contribution is -1.86. The van der Waals surface area contributed by atoms with Gasteiger partial charge in [-0.3, -0.25) is 0 Å². The van der Waals surface area contributed by atoms with Crippen molar-refractivity contribution < 1.29 is 0 Å². The van der Waals surface area contributed by atoms with Crippen molar-refractivity contribution in [3.05, 3.63) is 41.8 Å². The molecule has 1 aromatic heterocycles. The van der Waals surface area contributed by atoms with E-state index < -0.39 is 0 Å². The molecule has 0 N–H and O–H groups in total. The molecule has 0 spiro atoms. The number of rotatable bonds is 1. The molecular formula is C9H6ClN3. The Morgan fingerprint density at radius 3 is 2.38 bits per heavy atom. The van der Waals surface area contributed by atoms with Gasteiger partial charge in [0.25, 0.3) is 0 Å². The molecule has 0 atom stereocenters. The predicted octanol–water partition coefficient (Wildman–Crippen LogP) is 2.19. The van der Waals surface area contributed by atoms with Crippen LogP contribution >= 0.6 is 11.6 Å². The van der Waals surface area contributed by atoms with Crippen molar-refractivity contribution in [2.45, 2.75) is 0 Å². The van der Waals surface area contributed by atoms with Crippen molar-refractivity contribution in [1.82, 2.24) is 15.2 Å². The highest BCUT2D eigenvalue weighted by Crippen LogP contribution is 2.17. The first-order valence-corrected chi connectivity index (χ1v) is 4.13. The van der Waals surface area contributed by atoms with Crippen LogP contribution in [-0.4, -0.2) is 15.2 Å². The zero-order valence-corrected chi connectivity index (χ0v) is 7.44. The minimum Gasteiger partial charge on any atom is -0.233 e. The maximum absolute atomic E-state index is 5.75. The van der Waals surface area contributed by atoms with Gasteiger partial charge >= 0.3 is 0 Å². The van der Waals surface area contributed by atoms with Crippen molar-refractivity contribution in [2.24, 2.45) is 0 Å². The van der Waals surface area contributed by atoms with E-state index >= 15 is 0 Å². The van der Waals surface area contributed by atoms with Gasteiger partial charge in [0, 0.05) is 10.6 Å². The fraction of sp³-hybridized carbons (Fsp3) is 0. The van der Waals surface area contributed by atoms with Crippen LogP contribution in [-0.2, 0) is 0 Å². The predicted molar refractivity (Wildman–Crippen MR) is 50.3 cm³/mol. The topological polar surface area (TPSA) is 38.7 Å². The third kappa shape index (κ3) is 1.81. The van der Waals surface area contributed by atoms with E-state index in [9.17, 15) is 0 Å². The summed E-state index contributed by atoms with van der Waals surface area (Å²) >= 11 is 5.75. The van der Waals surface area contributed by atoms with Crippen LogP contribution in [0.5, 0.6) is 0 Å². The molecule has 0 radical (unpaired) electrons. The Bertz CT molecular complexity index is 385. The highest BCUT2D eigenvalue weighted by atomic mass is 35.5. The fourth-order valence-corrected chi connectivity index (χ4v) is 1.13. The van der Waals surface area contributed by atoms with Gasteiger partial charge in [-0.2, -0.15) is 5.10 Å². The summed E-state index contributed by atoms with van der Waals surface area (Å²) in [7, 11) is 0. The van der Waals surface area contributed by atoms with E-state index in [-0.39, 0.29) is 0 Å². The SMILES string of the molecule is Clc1ccc(-c2cnncn2)cc1. The minimum atomic E-state index is 0.714. The van der Waals surface area contributed by atoms with Crippen molar-refractivity contribution in [2.75, 3.05) is 0 Å². The summed E-state index contributed by atoms with van der Waals surface area (Å²) in [5.74, 6) is 0. The Kier molecular flexibility index (Phi) is 2.19. The number of hydrogen-bond donors (Lipinski definition) is 0. The lowest BCUT2D eigenvalue weighted by Gasteiger charge is -1.97. The molecule has 0 unspecified atom stereocenters. The Labute approximate surface area is 80.4 Å². The molecule has 0 aliphatic heterocycles. The molecule has 0 saturated heterocycles. The molecule has 64 valence electrons. The Hall–Kier alpha value is -1.48. The lowest BCUT2D eigenvalue weighted by molar-refractivity contribution is 0.974. The van der Waals surface area contributed by atoms with E-state index in [1.807, 2.05) is 24.3 Å². The van der Waals surface area contributed by atoms with Gasteiger partial charge in [-0.1, -0.05) is 23.7 Å². The highest BCUT2D eigenvalue weighted by molar-refractivity contribution is 6.30.